The fourth-order valence-corrected chi connectivity index (χ4v) is 4.33. The van der Waals surface area contributed by atoms with Gasteiger partial charge in [-0.1, -0.05) is 42.8 Å². The number of piperidine rings is 1. The highest BCUT2D eigenvalue weighted by atomic mass is 15.1. The number of hydrogen-bond donors (Lipinski definition) is 0. The van der Waals surface area contributed by atoms with Gasteiger partial charge in [-0.2, -0.15) is 0 Å². The first-order valence-electron chi connectivity index (χ1n) is 9.44. The van der Waals surface area contributed by atoms with Gasteiger partial charge in [-0.15, -0.1) is 0 Å². The smallest absolute Gasteiger partial charge is 0.0596 e. The lowest BCUT2D eigenvalue weighted by Crippen LogP contribution is -2.34. The summed E-state index contributed by atoms with van der Waals surface area (Å²) < 4.78 is 0. The predicted molar refractivity (Wildman–Crippen MR) is 103 cm³/mol. The van der Waals surface area contributed by atoms with Crippen molar-refractivity contribution in [1.82, 2.24) is 4.90 Å². The topological polar surface area (TPSA) is 15.6 Å². The second kappa shape index (κ2) is 6.33. The highest BCUT2D eigenvalue weighted by Gasteiger charge is 2.28. The summed E-state index contributed by atoms with van der Waals surface area (Å²) in [5, 5.41) is 2.76. The third kappa shape index (κ3) is 3.12. The Morgan fingerprint density at radius 1 is 1.00 bits per heavy atom. The summed E-state index contributed by atoms with van der Waals surface area (Å²) in [6.07, 6.45) is 6.24. The molecule has 2 aliphatic rings. The normalized spacial score (nSPS) is 20.7. The van der Waals surface area contributed by atoms with E-state index in [4.69, 9.17) is 4.99 Å². The Hall–Kier alpha value is -1.67. The monoisotopic (exact) mass is 320 g/mol. The van der Waals surface area contributed by atoms with Gasteiger partial charge in [0.15, 0.2) is 0 Å². The Bertz CT molecular complexity index is 767. The Labute approximate surface area is 145 Å². The van der Waals surface area contributed by atoms with Crippen LogP contribution in [0.1, 0.15) is 50.7 Å². The first kappa shape index (κ1) is 15.8. The molecule has 0 aliphatic carbocycles. The van der Waals surface area contributed by atoms with E-state index in [1.807, 2.05) is 0 Å². The summed E-state index contributed by atoms with van der Waals surface area (Å²) in [6, 6.07) is 13.4. The zero-order valence-corrected chi connectivity index (χ0v) is 15.0. The Morgan fingerprint density at radius 3 is 2.62 bits per heavy atom. The average Bonchev–Trinajstić information content (AvgIpc) is 2.59. The molecule has 2 nitrogen and oxygen atoms in total. The number of aliphatic imine (C=N–C) groups is 1. The first-order chi connectivity index (χ1) is 11.6. The van der Waals surface area contributed by atoms with Crippen molar-refractivity contribution < 1.29 is 0 Å². The first-order valence-corrected chi connectivity index (χ1v) is 9.44. The standard InChI is InChI=1S/C22H28N2/c1-22(2)16-20-18-9-5-4-8-17(18)10-11-19(20)21(23-22)12-15-24-13-6-3-7-14-24/h4-5,8-11H,3,6-7,12-16H2,1-2H3. The molecule has 2 heterocycles. The lowest BCUT2D eigenvalue weighted by atomic mass is 9.83. The lowest BCUT2D eigenvalue weighted by molar-refractivity contribution is 0.234. The van der Waals surface area contributed by atoms with Crippen molar-refractivity contribution in [3.63, 3.8) is 0 Å². The molecule has 2 aromatic rings. The summed E-state index contributed by atoms with van der Waals surface area (Å²) in [5.74, 6) is 0. The molecule has 2 heteroatoms. The molecule has 2 aromatic carbocycles. The number of benzene rings is 2. The number of fused-ring (bicyclic) bond motifs is 3. The molecule has 0 aromatic heterocycles. The lowest BCUT2D eigenvalue weighted by Gasteiger charge is -2.32. The minimum atomic E-state index is 0.00829. The maximum atomic E-state index is 5.14. The SMILES string of the molecule is CC1(C)Cc2c(ccc3ccccc23)C(CCN2CCCCC2)=N1. The van der Waals surface area contributed by atoms with Crippen molar-refractivity contribution in [1.29, 1.82) is 0 Å². The van der Waals surface area contributed by atoms with Crippen LogP contribution in [0.3, 0.4) is 0 Å². The average molecular weight is 320 g/mol. The second-order valence-electron chi connectivity index (χ2n) is 8.01. The maximum Gasteiger partial charge on any atom is 0.0596 e. The molecule has 0 radical (unpaired) electrons. The van der Waals surface area contributed by atoms with Crippen LogP contribution in [0, 0.1) is 0 Å². The van der Waals surface area contributed by atoms with Crippen molar-refractivity contribution in [3.05, 3.63) is 47.5 Å². The van der Waals surface area contributed by atoms with E-state index in [1.54, 1.807) is 0 Å². The van der Waals surface area contributed by atoms with Crippen LogP contribution >= 0.6 is 0 Å². The quantitative estimate of drug-likeness (QED) is 0.790. The Morgan fingerprint density at radius 2 is 1.79 bits per heavy atom. The van der Waals surface area contributed by atoms with Crippen LogP contribution in [0.25, 0.3) is 10.8 Å². The van der Waals surface area contributed by atoms with Gasteiger partial charge >= 0.3 is 0 Å². The number of likely N-dealkylation sites (tertiary alicyclic amines) is 1. The molecule has 0 amide bonds. The molecule has 0 spiro atoms. The van der Waals surface area contributed by atoms with E-state index in [0.717, 1.165) is 19.4 Å². The third-order valence-corrected chi connectivity index (χ3v) is 5.51. The van der Waals surface area contributed by atoms with Gasteiger partial charge in [0.25, 0.3) is 0 Å². The van der Waals surface area contributed by atoms with Gasteiger partial charge in [-0.05, 0) is 68.1 Å². The fourth-order valence-electron chi connectivity index (χ4n) is 4.33. The fraction of sp³-hybridized carbons (Fsp3) is 0.500. The van der Waals surface area contributed by atoms with Crippen LogP contribution in [0.4, 0.5) is 0 Å². The molecule has 1 fully saturated rings. The summed E-state index contributed by atoms with van der Waals surface area (Å²) in [4.78, 5) is 7.76. The molecule has 24 heavy (non-hydrogen) atoms. The van der Waals surface area contributed by atoms with Gasteiger partial charge in [0.2, 0.25) is 0 Å². The van der Waals surface area contributed by atoms with Crippen LogP contribution in [0.15, 0.2) is 41.4 Å². The number of hydrogen-bond acceptors (Lipinski definition) is 2. The van der Waals surface area contributed by atoms with Crippen molar-refractivity contribution in [2.24, 2.45) is 4.99 Å². The maximum absolute atomic E-state index is 5.14. The van der Waals surface area contributed by atoms with E-state index in [0.29, 0.717) is 0 Å². The largest absolute Gasteiger partial charge is 0.303 e. The highest BCUT2D eigenvalue weighted by Crippen LogP contribution is 2.33. The third-order valence-electron chi connectivity index (χ3n) is 5.51. The highest BCUT2D eigenvalue weighted by molar-refractivity contribution is 6.07. The van der Waals surface area contributed by atoms with Crippen LogP contribution in [0.5, 0.6) is 0 Å². The number of rotatable bonds is 3. The molecule has 126 valence electrons. The molecule has 1 saturated heterocycles. The van der Waals surface area contributed by atoms with Crippen LogP contribution in [-0.4, -0.2) is 35.8 Å². The molecule has 0 N–H and O–H groups in total. The van der Waals surface area contributed by atoms with Crippen LogP contribution < -0.4 is 0 Å². The van der Waals surface area contributed by atoms with Crippen LogP contribution in [0.2, 0.25) is 0 Å². The molecule has 0 saturated carbocycles. The van der Waals surface area contributed by atoms with Crippen LogP contribution in [-0.2, 0) is 6.42 Å². The van der Waals surface area contributed by atoms with Crippen molar-refractivity contribution in [3.8, 4) is 0 Å². The molecule has 4 rings (SSSR count). The van der Waals surface area contributed by atoms with Gasteiger partial charge in [0.1, 0.15) is 0 Å². The van der Waals surface area contributed by atoms with Gasteiger partial charge in [-0.25, -0.2) is 0 Å². The zero-order valence-electron chi connectivity index (χ0n) is 15.0. The van der Waals surface area contributed by atoms with E-state index < -0.39 is 0 Å². The molecule has 0 atom stereocenters. The second-order valence-corrected chi connectivity index (χ2v) is 8.01. The minimum absolute atomic E-state index is 0.00829. The Kier molecular flexibility index (Phi) is 4.17. The van der Waals surface area contributed by atoms with E-state index in [-0.39, 0.29) is 5.54 Å². The minimum Gasteiger partial charge on any atom is -0.303 e. The summed E-state index contributed by atoms with van der Waals surface area (Å²) >= 11 is 0. The van der Waals surface area contributed by atoms with Crippen molar-refractivity contribution >= 4 is 16.5 Å². The van der Waals surface area contributed by atoms with Gasteiger partial charge in [0, 0.05) is 18.7 Å². The molecule has 0 unspecified atom stereocenters. The van der Waals surface area contributed by atoms with Gasteiger partial charge in [0.05, 0.1) is 5.54 Å². The summed E-state index contributed by atoms with van der Waals surface area (Å²) in [5.41, 5.74) is 4.22. The predicted octanol–water partition coefficient (Wildman–Crippen LogP) is 4.84. The zero-order chi connectivity index (χ0) is 16.6. The van der Waals surface area contributed by atoms with E-state index in [1.165, 1.54) is 60.0 Å². The van der Waals surface area contributed by atoms with Gasteiger partial charge in [-0.3, -0.25) is 4.99 Å². The Balaban J connectivity index is 1.66. The summed E-state index contributed by atoms with van der Waals surface area (Å²) in [7, 11) is 0. The van der Waals surface area contributed by atoms with E-state index >= 15 is 0 Å². The molecular weight excluding hydrogens is 292 g/mol. The van der Waals surface area contributed by atoms with E-state index in [2.05, 4.69) is 55.1 Å². The van der Waals surface area contributed by atoms with Crippen molar-refractivity contribution in [2.75, 3.05) is 19.6 Å². The van der Waals surface area contributed by atoms with Crippen molar-refractivity contribution in [2.45, 2.75) is 51.5 Å². The summed E-state index contributed by atoms with van der Waals surface area (Å²) in [6.45, 7) is 8.24. The van der Waals surface area contributed by atoms with Gasteiger partial charge < -0.3 is 4.90 Å². The number of nitrogens with zero attached hydrogens (tertiary/aromatic N) is 2. The molecule has 2 aliphatic heterocycles. The van der Waals surface area contributed by atoms with E-state index in [9.17, 15) is 0 Å². The molecule has 0 bridgehead atoms. The molecular formula is C22H28N2.